The Morgan fingerprint density at radius 1 is 1.28 bits per heavy atom. The van der Waals surface area contributed by atoms with Crippen molar-refractivity contribution in [3.05, 3.63) is 0 Å². The normalized spacial score (nSPS) is 18.0. The van der Waals surface area contributed by atoms with Crippen LogP contribution in [0.15, 0.2) is 0 Å². The summed E-state index contributed by atoms with van der Waals surface area (Å²) in [6.45, 7) is 5.97. The van der Waals surface area contributed by atoms with Gasteiger partial charge in [-0.1, -0.05) is 6.92 Å². The first-order chi connectivity index (χ1) is 8.48. The van der Waals surface area contributed by atoms with E-state index in [9.17, 15) is 13.2 Å². The van der Waals surface area contributed by atoms with Crippen LogP contribution in [-0.2, 0) is 14.8 Å². The number of carbonyl (C=O) groups excluding carboxylic acids is 1. The Bertz CT molecular complexity index is 362. The molecule has 18 heavy (non-hydrogen) atoms. The summed E-state index contributed by atoms with van der Waals surface area (Å²) in [5.74, 6) is 0.195. The molecule has 0 bridgehead atoms. The number of piperidine rings is 1. The summed E-state index contributed by atoms with van der Waals surface area (Å²) in [6, 6.07) is -0.0295. The van der Waals surface area contributed by atoms with E-state index >= 15 is 0 Å². The van der Waals surface area contributed by atoms with Gasteiger partial charge in [-0.3, -0.25) is 4.79 Å². The number of hydrogen-bond donors (Lipinski definition) is 2. The Kier molecular flexibility index (Phi) is 6.04. The van der Waals surface area contributed by atoms with Gasteiger partial charge in [-0.25, -0.2) is 13.1 Å². The second-order valence-corrected chi connectivity index (χ2v) is 6.50. The Labute approximate surface area is 109 Å². The van der Waals surface area contributed by atoms with Gasteiger partial charge in [-0.15, -0.1) is 0 Å². The van der Waals surface area contributed by atoms with E-state index < -0.39 is 10.0 Å². The van der Waals surface area contributed by atoms with Crippen molar-refractivity contribution in [1.29, 1.82) is 0 Å². The summed E-state index contributed by atoms with van der Waals surface area (Å²) in [5, 5.41) is 3.00. The third kappa shape index (κ3) is 4.91. The summed E-state index contributed by atoms with van der Waals surface area (Å²) in [6.07, 6.45) is 1.38. The lowest BCUT2D eigenvalue weighted by Gasteiger charge is -2.32. The van der Waals surface area contributed by atoms with Gasteiger partial charge < -0.3 is 10.2 Å². The van der Waals surface area contributed by atoms with Crippen molar-refractivity contribution >= 4 is 15.9 Å². The summed E-state index contributed by atoms with van der Waals surface area (Å²) in [5.41, 5.74) is 0. The fourth-order valence-corrected chi connectivity index (χ4v) is 2.84. The van der Waals surface area contributed by atoms with E-state index in [0.717, 1.165) is 6.54 Å². The number of nitrogens with zero attached hydrogens (tertiary/aromatic N) is 1. The smallest absolute Gasteiger partial charge is 0.236 e. The molecule has 1 fully saturated rings. The van der Waals surface area contributed by atoms with E-state index in [-0.39, 0.29) is 17.7 Å². The highest BCUT2D eigenvalue weighted by atomic mass is 32.2. The summed E-state index contributed by atoms with van der Waals surface area (Å²) in [4.78, 5) is 13.5. The lowest BCUT2D eigenvalue weighted by atomic mass is 10.1. The molecule has 1 rings (SSSR count). The van der Waals surface area contributed by atoms with Crippen molar-refractivity contribution in [3.63, 3.8) is 0 Å². The maximum absolute atomic E-state index is 11.7. The monoisotopic (exact) mass is 277 g/mol. The number of sulfonamides is 1. The maximum Gasteiger partial charge on any atom is 0.236 e. The van der Waals surface area contributed by atoms with Gasteiger partial charge in [-0.2, -0.15) is 0 Å². The van der Waals surface area contributed by atoms with Crippen LogP contribution in [-0.4, -0.2) is 57.2 Å². The van der Waals surface area contributed by atoms with Crippen molar-refractivity contribution in [2.45, 2.75) is 32.7 Å². The third-order valence-corrected chi connectivity index (χ3v) is 4.55. The van der Waals surface area contributed by atoms with Crippen molar-refractivity contribution in [1.82, 2.24) is 14.9 Å². The molecule has 0 spiro atoms. The Balaban J connectivity index is 2.35. The minimum absolute atomic E-state index is 0.0295. The summed E-state index contributed by atoms with van der Waals surface area (Å²) >= 11 is 0. The highest BCUT2D eigenvalue weighted by Crippen LogP contribution is 2.11. The van der Waals surface area contributed by atoms with Gasteiger partial charge in [0.2, 0.25) is 15.9 Å². The summed E-state index contributed by atoms with van der Waals surface area (Å²) < 4.78 is 25.5. The molecule has 1 saturated heterocycles. The van der Waals surface area contributed by atoms with Gasteiger partial charge in [0.05, 0.1) is 12.3 Å². The first kappa shape index (κ1) is 15.4. The van der Waals surface area contributed by atoms with Crippen molar-refractivity contribution < 1.29 is 13.2 Å². The number of rotatable bonds is 6. The van der Waals surface area contributed by atoms with E-state index in [4.69, 9.17) is 0 Å². The molecule has 106 valence electrons. The van der Waals surface area contributed by atoms with Crippen LogP contribution in [0.1, 0.15) is 26.7 Å². The molecular weight excluding hydrogens is 254 g/mol. The van der Waals surface area contributed by atoms with E-state index in [0.29, 0.717) is 32.5 Å². The molecule has 2 N–H and O–H groups in total. The Hall–Kier alpha value is -0.660. The minimum atomic E-state index is -3.14. The molecule has 1 heterocycles. The van der Waals surface area contributed by atoms with Crippen LogP contribution in [0.5, 0.6) is 0 Å². The molecule has 0 aromatic rings. The molecule has 0 unspecified atom stereocenters. The van der Waals surface area contributed by atoms with Crippen LogP contribution in [0.3, 0.4) is 0 Å². The van der Waals surface area contributed by atoms with E-state index in [1.807, 2.05) is 6.92 Å². The van der Waals surface area contributed by atoms with Gasteiger partial charge in [0.25, 0.3) is 0 Å². The molecular formula is C11H23N3O3S. The van der Waals surface area contributed by atoms with Gasteiger partial charge in [0.15, 0.2) is 0 Å². The molecule has 0 radical (unpaired) electrons. The van der Waals surface area contributed by atoms with E-state index in [1.165, 1.54) is 0 Å². The Morgan fingerprint density at radius 3 is 2.39 bits per heavy atom. The van der Waals surface area contributed by atoms with Crippen LogP contribution in [0.2, 0.25) is 0 Å². The lowest BCUT2D eigenvalue weighted by Crippen LogP contribution is -2.48. The van der Waals surface area contributed by atoms with Crippen LogP contribution in [0.4, 0.5) is 0 Å². The van der Waals surface area contributed by atoms with Crippen LogP contribution < -0.4 is 10.0 Å². The predicted molar refractivity (Wildman–Crippen MR) is 70.7 cm³/mol. The number of hydrogen-bond acceptors (Lipinski definition) is 4. The molecule has 1 aliphatic rings. The average molecular weight is 277 g/mol. The van der Waals surface area contributed by atoms with E-state index in [1.54, 1.807) is 11.8 Å². The molecule has 0 aliphatic carbocycles. The molecule has 6 nitrogen and oxygen atoms in total. The quantitative estimate of drug-likeness (QED) is 0.688. The topological polar surface area (TPSA) is 78.5 Å². The SMILES string of the molecule is CCNCC(=O)N1CCC(NS(=O)(=O)CC)CC1. The fraction of sp³-hybridized carbons (Fsp3) is 0.909. The first-order valence-electron chi connectivity index (χ1n) is 6.47. The summed E-state index contributed by atoms with van der Waals surface area (Å²) in [7, 11) is -3.14. The minimum Gasteiger partial charge on any atom is -0.341 e. The fourth-order valence-electron chi connectivity index (χ4n) is 1.93. The molecule has 0 saturated carbocycles. The van der Waals surface area contributed by atoms with Crippen LogP contribution in [0, 0.1) is 0 Å². The zero-order chi connectivity index (χ0) is 13.6. The number of carbonyl (C=O) groups is 1. The zero-order valence-corrected chi connectivity index (χ0v) is 11.9. The van der Waals surface area contributed by atoms with Gasteiger partial charge >= 0.3 is 0 Å². The molecule has 0 atom stereocenters. The molecule has 1 amide bonds. The maximum atomic E-state index is 11.7. The second-order valence-electron chi connectivity index (χ2n) is 4.46. The molecule has 0 aromatic heterocycles. The van der Waals surface area contributed by atoms with Gasteiger partial charge in [0.1, 0.15) is 0 Å². The lowest BCUT2D eigenvalue weighted by molar-refractivity contribution is -0.131. The average Bonchev–Trinajstić information content (AvgIpc) is 2.36. The van der Waals surface area contributed by atoms with Crippen molar-refractivity contribution in [2.24, 2.45) is 0 Å². The second kappa shape index (κ2) is 7.06. The number of likely N-dealkylation sites (tertiary alicyclic amines) is 1. The number of amides is 1. The van der Waals surface area contributed by atoms with Gasteiger partial charge in [-0.05, 0) is 26.3 Å². The molecule has 7 heteroatoms. The predicted octanol–water partition coefficient (Wildman–Crippen LogP) is -0.474. The number of likely N-dealkylation sites (N-methyl/N-ethyl adjacent to an activating group) is 1. The number of nitrogens with one attached hydrogen (secondary N) is 2. The van der Waals surface area contributed by atoms with Crippen LogP contribution >= 0.6 is 0 Å². The van der Waals surface area contributed by atoms with Crippen molar-refractivity contribution in [2.75, 3.05) is 31.9 Å². The first-order valence-corrected chi connectivity index (χ1v) is 8.12. The van der Waals surface area contributed by atoms with Crippen molar-refractivity contribution in [3.8, 4) is 0 Å². The highest BCUT2D eigenvalue weighted by molar-refractivity contribution is 7.89. The Morgan fingerprint density at radius 2 is 1.89 bits per heavy atom. The standard InChI is InChI=1S/C11H23N3O3S/c1-3-12-9-11(15)14-7-5-10(6-8-14)13-18(16,17)4-2/h10,12-13H,3-9H2,1-2H3. The molecule has 1 aliphatic heterocycles. The third-order valence-electron chi connectivity index (χ3n) is 3.10. The molecule has 0 aromatic carbocycles. The van der Waals surface area contributed by atoms with Gasteiger partial charge in [0, 0.05) is 19.1 Å². The van der Waals surface area contributed by atoms with E-state index in [2.05, 4.69) is 10.0 Å². The highest BCUT2D eigenvalue weighted by Gasteiger charge is 2.24. The largest absolute Gasteiger partial charge is 0.341 e. The van der Waals surface area contributed by atoms with Crippen LogP contribution in [0.25, 0.3) is 0 Å². The zero-order valence-electron chi connectivity index (χ0n) is 11.1.